The summed E-state index contributed by atoms with van der Waals surface area (Å²) < 4.78 is 0. The zero-order chi connectivity index (χ0) is 19.0. The van der Waals surface area contributed by atoms with Crippen LogP contribution in [0.5, 0.6) is 0 Å². The van der Waals surface area contributed by atoms with Crippen molar-refractivity contribution in [1.82, 2.24) is 4.90 Å². The molecule has 0 radical (unpaired) electrons. The second-order valence-electron chi connectivity index (χ2n) is 7.99. The molecule has 0 N–H and O–H groups in total. The summed E-state index contributed by atoms with van der Waals surface area (Å²) in [6.45, 7) is 15.8. The molecule has 0 aliphatic carbocycles. The number of amides is 1. The molecule has 1 amide bonds. The number of aliphatic imine (C=N–C) groups is 1. The molecule has 0 aromatic heterocycles. The van der Waals surface area contributed by atoms with Gasteiger partial charge in [0.2, 0.25) is 5.91 Å². The Morgan fingerprint density at radius 1 is 1.36 bits per heavy atom. The van der Waals surface area contributed by atoms with Crippen LogP contribution in [0, 0.1) is 23.7 Å². The van der Waals surface area contributed by atoms with Gasteiger partial charge >= 0.3 is 0 Å². The van der Waals surface area contributed by atoms with E-state index in [9.17, 15) is 4.79 Å². The van der Waals surface area contributed by atoms with Gasteiger partial charge in [0.15, 0.2) is 0 Å². The second-order valence-corrected chi connectivity index (χ2v) is 9.09. The van der Waals surface area contributed by atoms with Gasteiger partial charge in [-0.1, -0.05) is 40.7 Å². The van der Waals surface area contributed by atoms with Crippen molar-refractivity contribution in [3.8, 4) is 0 Å². The van der Waals surface area contributed by atoms with E-state index >= 15 is 0 Å². The number of thioether (sulfide) groups is 1. The Morgan fingerprint density at radius 2 is 2.04 bits per heavy atom. The predicted molar refractivity (Wildman–Crippen MR) is 112 cm³/mol. The van der Waals surface area contributed by atoms with Crippen molar-refractivity contribution in [2.45, 2.75) is 66.3 Å². The maximum absolute atomic E-state index is 12.2. The third kappa shape index (κ3) is 7.55. The zero-order valence-electron chi connectivity index (χ0n) is 17.1. The van der Waals surface area contributed by atoms with Crippen LogP contribution in [0.25, 0.3) is 0 Å². The summed E-state index contributed by atoms with van der Waals surface area (Å²) in [4.78, 5) is 18.8. The molecular formula is C21H38N2OS. The van der Waals surface area contributed by atoms with E-state index in [2.05, 4.69) is 34.3 Å². The minimum Gasteiger partial charge on any atom is -0.346 e. The molecule has 0 saturated carbocycles. The van der Waals surface area contributed by atoms with Crippen LogP contribution >= 0.6 is 11.8 Å². The van der Waals surface area contributed by atoms with Crippen molar-refractivity contribution in [2.24, 2.45) is 28.7 Å². The van der Waals surface area contributed by atoms with Crippen molar-refractivity contribution in [3.63, 3.8) is 0 Å². The molecule has 3 nitrogen and oxygen atoms in total. The van der Waals surface area contributed by atoms with Crippen LogP contribution in [0.15, 0.2) is 17.6 Å². The Hall–Kier alpha value is -0.770. The first kappa shape index (κ1) is 22.3. The van der Waals surface area contributed by atoms with Gasteiger partial charge in [-0.3, -0.25) is 9.79 Å². The molecule has 1 rings (SSSR count). The maximum atomic E-state index is 12.2. The fourth-order valence-corrected chi connectivity index (χ4v) is 4.37. The molecule has 144 valence electrons. The van der Waals surface area contributed by atoms with Gasteiger partial charge in [0.05, 0.1) is 11.1 Å². The van der Waals surface area contributed by atoms with Gasteiger partial charge < -0.3 is 4.90 Å². The summed E-state index contributed by atoms with van der Waals surface area (Å²) in [7, 11) is 1.94. The zero-order valence-corrected chi connectivity index (χ0v) is 17.9. The highest BCUT2D eigenvalue weighted by Gasteiger charge is 2.22. The third-order valence-electron chi connectivity index (χ3n) is 5.61. The normalized spacial score (nSPS) is 22.0. The topological polar surface area (TPSA) is 32.7 Å². The van der Waals surface area contributed by atoms with E-state index in [1.807, 2.05) is 36.7 Å². The minimum atomic E-state index is 0.142. The molecule has 1 heterocycles. The fourth-order valence-electron chi connectivity index (χ4n) is 3.21. The fraction of sp³-hybridized carbons (Fsp3) is 0.810. The first-order valence-corrected chi connectivity index (χ1v) is 10.8. The van der Waals surface area contributed by atoms with Gasteiger partial charge in [-0.15, -0.1) is 18.3 Å². The van der Waals surface area contributed by atoms with E-state index in [0.717, 1.165) is 31.6 Å². The Balaban J connectivity index is 2.34. The summed E-state index contributed by atoms with van der Waals surface area (Å²) in [5.74, 6) is 3.46. The molecule has 1 aliphatic heterocycles. The lowest BCUT2D eigenvalue weighted by atomic mass is 9.84. The van der Waals surface area contributed by atoms with E-state index < -0.39 is 0 Å². The SMILES string of the molecule is C=C[C@@H]1CSC(C[C@H](C)[C@@H](C)C[C@H](C)CCN(C)C(=O)[C@H](C)CC)=N1. The quantitative estimate of drug-likeness (QED) is 0.467. The van der Waals surface area contributed by atoms with Crippen LogP contribution in [-0.2, 0) is 4.79 Å². The van der Waals surface area contributed by atoms with Crippen molar-refractivity contribution in [2.75, 3.05) is 19.3 Å². The van der Waals surface area contributed by atoms with E-state index in [4.69, 9.17) is 4.99 Å². The standard InChI is InChI=1S/C21H38N2OS/c1-8-16(4)21(24)23(7)11-10-15(3)12-17(5)18(6)13-20-22-19(9-2)14-25-20/h9,15-19H,2,8,10-14H2,1,3-7H3/t15-,16-,17+,18+,19-/m1/s1. The molecule has 4 heteroatoms. The number of nitrogens with zero attached hydrogens (tertiary/aromatic N) is 2. The Morgan fingerprint density at radius 3 is 2.60 bits per heavy atom. The molecule has 0 unspecified atom stereocenters. The number of hydrogen-bond donors (Lipinski definition) is 0. The summed E-state index contributed by atoms with van der Waals surface area (Å²) in [5, 5.41) is 1.30. The largest absolute Gasteiger partial charge is 0.346 e. The summed E-state index contributed by atoms with van der Waals surface area (Å²) in [5.41, 5.74) is 0. The van der Waals surface area contributed by atoms with Gasteiger partial charge in [0, 0.05) is 25.3 Å². The van der Waals surface area contributed by atoms with E-state index in [1.165, 1.54) is 11.5 Å². The lowest BCUT2D eigenvalue weighted by Crippen LogP contribution is -2.33. The van der Waals surface area contributed by atoms with Crippen molar-refractivity contribution in [3.05, 3.63) is 12.7 Å². The van der Waals surface area contributed by atoms with Crippen molar-refractivity contribution >= 4 is 22.7 Å². The third-order valence-corrected chi connectivity index (χ3v) is 6.73. The Labute approximate surface area is 159 Å². The average molecular weight is 367 g/mol. The number of rotatable bonds is 11. The van der Waals surface area contributed by atoms with E-state index in [1.54, 1.807) is 0 Å². The first-order chi connectivity index (χ1) is 11.8. The highest BCUT2D eigenvalue weighted by molar-refractivity contribution is 8.14. The summed E-state index contributed by atoms with van der Waals surface area (Å²) >= 11 is 1.90. The highest BCUT2D eigenvalue weighted by Crippen LogP contribution is 2.29. The summed E-state index contributed by atoms with van der Waals surface area (Å²) in [6.07, 6.45) is 6.27. The average Bonchev–Trinajstić information content (AvgIpc) is 3.05. The number of carbonyl (C=O) groups excluding carboxylic acids is 1. The van der Waals surface area contributed by atoms with Gasteiger partial charge in [-0.2, -0.15) is 0 Å². The van der Waals surface area contributed by atoms with Gasteiger partial charge in [-0.25, -0.2) is 0 Å². The van der Waals surface area contributed by atoms with E-state index in [0.29, 0.717) is 23.8 Å². The van der Waals surface area contributed by atoms with Gasteiger partial charge in [0.25, 0.3) is 0 Å². The van der Waals surface area contributed by atoms with Crippen molar-refractivity contribution in [1.29, 1.82) is 0 Å². The molecule has 0 saturated heterocycles. The highest BCUT2D eigenvalue weighted by atomic mass is 32.2. The molecule has 25 heavy (non-hydrogen) atoms. The maximum Gasteiger partial charge on any atom is 0.225 e. The Kier molecular flexibility index (Phi) is 9.84. The molecule has 0 aromatic carbocycles. The molecule has 0 spiro atoms. The molecule has 0 fully saturated rings. The van der Waals surface area contributed by atoms with E-state index in [-0.39, 0.29) is 11.8 Å². The number of carbonyl (C=O) groups is 1. The van der Waals surface area contributed by atoms with Gasteiger partial charge in [0.1, 0.15) is 0 Å². The lowest BCUT2D eigenvalue weighted by Gasteiger charge is -2.26. The molecular weight excluding hydrogens is 328 g/mol. The predicted octanol–water partition coefficient (Wildman–Crippen LogP) is 5.27. The van der Waals surface area contributed by atoms with Crippen LogP contribution in [-0.4, -0.2) is 41.2 Å². The molecule has 0 bridgehead atoms. The van der Waals surface area contributed by atoms with Crippen LogP contribution in [0.4, 0.5) is 0 Å². The van der Waals surface area contributed by atoms with Gasteiger partial charge in [-0.05, 0) is 43.4 Å². The molecule has 5 atom stereocenters. The molecule has 0 aromatic rings. The molecule has 1 aliphatic rings. The number of hydrogen-bond acceptors (Lipinski definition) is 3. The second kappa shape index (κ2) is 11.1. The summed E-state index contributed by atoms with van der Waals surface area (Å²) in [6, 6.07) is 0.319. The van der Waals surface area contributed by atoms with Crippen LogP contribution in [0.3, 0.4) is 0 Å². The smallest absolute Gasteiger partial charge is 0.225 e. The minimum absolute atomic E-state index is 0.142. The Bertz CT molecular complexity index is 463. The van der Waals surface area contributed by atoms with Crippen molar-refractivity contribution < 1.29 is 4.79 Å². The monoisotopic (exact) mass is 366 g/mol. The van der Waals surface area contributed by atoms with Crippen LogP contribution in [0.2, 0.25) is 0 Å². The lowest BCUT2D eigenvalue weighted by molar-refractivity contribution is -0.133. The first-order valence-electron chi connectivity index (χ1n) is 9.85. The van der Waals surface area contributed by atoms with Crippen LogP contribution in [0.1, 0.15) is 60.3 Å². The van der Waals surface area contributed by atoms with Crippen LogP contribution < -0.4 is 0 Å².